The fraction of sp³-hybridized carbons (Fsp3) is 0.647. The molecule has 0 bridgehead atoms. The zero-order valence-electron chi connectivity index (χ0n) is 12.8. The minimum atomic E-state index is 0.439. The highest BCUT2D eigenvalue weighted by molar-refractivity contribution is 5.25. The van der Waals surface area contributed by atoms with Crippen molar-refractivity contribution in [3.8, 4) is 0 Å². The van der Waals surface area contributed by atoms with Crippen LogP contribution in [0.4, 0.5) is 0 Å². The fourth-order valence-corrected chi connectivity index (χ4v) is 3.35. The summed E-state index contributed by atoms with van der Waals surface area (Å²) in [7, 11) is 2.08. The fourth-order valence-electron chi connectivity index (χ4n) is 3.35. The van der Waals surface area contributed by atoms with Crippen LogP contribution in [0.15, 0.2) is 24.3 Å². The number of likely N-dealkylation sites (N-methyl/N-ethyl adjacent to an activating group) is 1. The van der Waals surface area contributed by atoms with Gasteiger partial charge in [-0.1, -0.05) is 36.8 Å². The van der Waals surface area contributed by atoms with E-state index in [9.17, 15) is 0 Å². The number of likely N-dealkylation sites (tertiary alicyclic amines) is 1. The molecule has 1 saturated heterocycles. The summed E-state index contributed by atoms with van der Waals surface area (Å²) in [4.78, 5) is 2.70. The van der Waals surface area contributed by atoms with Gasteiger partial charge in [0.25, 0.3) is 0 Å². The maximum Gasteiger partial charge on any atom is 0.0447 e. The summed E-state index contributed by atoms with van der Waals surface area (Å²) in [5.41, 5.74) is 2.76. The van der Waals surface area contributed by atoms with Gasteiger partial charge in [-0.3, -0.25) is 4.90 Å². The Morgan fingerprint density at radius 1 is 1.37 bits per heavy atom. The van der Waals surface area contributed by atoms with Crippen molar-refractivity contribution in [1.29, 1.82) is 0 Å². The van der Waals surface area contributed by atoms with Gasteiger partial charge >= 0.3 is 0 Å². The Morgan fingerprint density at radius 2 is 2.16 bits per heavy atom. The number of nitrogens with one attached hydrogen (secondary N) is 1. The maximum atomic E-state index is 3.50. The summed E-state index contributed by atoms with van der Waals surface area (Å²) in [5, 5.41) is 3.50. The Labute approximate surface area is 118 Å². The Morgan fingerprint density at radius 3 is 2.79 bits per heavy atom. The molecule has 1 aliphatic rings. The van der Waals surface area contributed by atoms with Crippen LogP contribution in [0.3, 0.4) is 0 Å². The zero-order valence-corrected chi connectivity index (χ0v) is 12.8. The topological polar surface area (TPSA) is 15.3 Å². The highest BCUT2D eigenvalue weighted by Gasteiger charge is 2.30. The molecule has 1 aromatic rings. The van der Waals surface area contributed by atoms with Crippen LogP contribution in [0.5, 0.6) is 0 Å². The lowest BCUT2D eigenvalue weighted by Gasteiger charge is -2.32. The molecule has 0 saturated carbocycles. The molecule has 1 aromatic carbocycles. The molecule has 0 radical (unpaired) electrons. The van der Waals surface area contributed by atoms with Crippen LogP contribution >= 0.6 is 0 Å². The molecule has 19 heavy (non-hydrogen) atoms. The van der Waals surface area contributed by atoms with Gasteiger partial charge in [0, 0.05) is 24.7 Å². The quantitative estimate of drug-likeness (QED) is 0.871. The summed E-state index contributed by atoms with van der Waals surface area (Å²) < 4.78 is 0. The number of hydrogen-bond acceptors (Lipinski definition) is 2. The molecule has 3 unspecified atom stereocenters. The van der Waals surface area contributed by atoms with E-state index in [1.807, 2.05) is 0 Å². The van der Waals surface area contributed by atoms with E-state index in [4.69, 9.17) is 0 Å². The Bertz CT molecular complexity index is 402. The molecule has 1 heterocycles. The van der Waals surface area contributed by atoms with Gasteiger partial charge in [-0.2, -0.15) is 0 Å². The third-order valence-electron chi connectivity index (χ3n) is 4.61. The van der Waals surface area contributed by atoms with Gasteiger partial charge in [0.2, 0.25) is 0 Å². The average Bonchev–Trinajstić information content (AvgIpc) is 2.76. The van der Waals surface area contributed by atoms with Crippen LogP contribution in [0.25, 0.3) is 0 Å². The van der Waals surface area contributed by atoms with Gasteiger partial charge in [-0.25, -0.2) is 0 Å². The van der Waals surface area contributed by atoms with Crippen molar-refractivity contribution in [1.82, 2.24) is 10.2 Å². The molecule has 2 nitrogen and oxygen atoms in total. The van der Waals surface area contributed by atoms with Gasteiger partial charge in [-0.15, -0.1) is 0 Å². The van der Waals surface area contributed by atoms with E-state index >= 15 is 0 Å². The lowest BCUT2D eigenvalue weighted by Crippen LogP contribution is -2.40. The number of hydrogen-bond donors (Lipinski definition) is 1. The number of rotatable bonds is 5. The van der Waals surface area contributed by atoms with Crippen LogP contribution in [-0.4, -0.2) is 30.6 Å². The van der Waals surface area contributed by atoms with E-state index in [0.29, 0.717) is 6.04 Å². The maximum absolute atomic E-state index is 3.50. The molecular formula is C17H28N2. The Hall–Kier alpha value is -0.860. The third kappa shape index (κ3) is 3.37. The average molecular weight is 260 g/mol. The van der Waals surface area contributed by atoms with Crippen molar-refractivity contribution in [2.45, 2.75) is 58.2 Å². The highest BCUT2D eigenvalue weighted by atomic mass is 15.2. The zero-order chi connectivity index (χ0) is 13.8. The standard InChI is InChI=1S/C17H28N2/c1-5-16-10-9-14(3)19(16)12-17(18-4)15-8-6-7-13(2)11-15/h6-8,11,14,16-18H,5,9-10,12H2,1-4H3. The van der Waals surface area contributed by atoms with E-state index < -0.39 is 0 Å². The van der Waals surface area contributed by atoms with E-state index in [2.05, 4.69) is 62.3 Å². The molecule has 2 rings (SSSR count). The molecule has 0 amide bonds. The van der Waals surface area contributed by atoms with E-state index in [1.165, 1.54) is 30.4 Å². The monoisotopic (exact) mass is 260 g/mol. The summed E-state index contributed by atoms with van der Waals surface area (Å²) in [6, 6.07) is 10.8. The van der Waals surface area contributed by atoms with E-state index in [1.54, 1.807) is 0 Å². The van der Waals surface area contributed by atoms with Crippen molar-refractivity contribution >= 4 is 0 Å². The summed E-state index contributed by atoms with van der Waals surface area (Å²) >= 11 is 0. The second-order valence-corrected chi connectivity index (χ2v) is 5.94. The Balaban J connectivity index is 2.10. The van der Waals surface area contributed by atoms with Crippen molar-refractivity contribution in [2.24, 2.45) is 0 Å². The van der Waals surface area contributed by atoms with Crippen molar-refractivity contribution in [3.63, 3.8) is 0 Å². The van der Waals surface area contributed by atoms with Crippen molar-refractivity contribution in [3.05, 3.63) is 35.4 Å². The van der Waals surface area contributed by atoms with Crippen LogP contribution in [0.1, 0.15) is 50.3 Å². The molecule has 0 spiro atoms. The van der Waals surface area contributed by atoms with Crippen LogP contribution < -0.4 is 5.32 Å². The lowest BCUT2D eigenvalue weighted by atomic mass is 10.0. The number of benzene rings is 1. The van der Waals surface area contributed by atoms with Crippen LogP contribution in [0, 0.1) is 6.92 Å². The first-order valence-electron chi connectivity index (χ1n) is 7.65. The minimum Gasteiger partial charge on any atom is -0.312 e. The molecule has 1 fully saturated rings. The van der Waals surface area contributed by atoms with Crippen molar-refractivity contribution in [2.75, 3.05) is 13.6 Å². The lowest BCUT2D eigenvalue weighted by molar-refractivity contribution is 0.179. The summed E-state index contributed by atoms with van der Waals surface area (Å²) in [6.45, 7) is 7.98. The first-order chi connectivity index (χ1) is 9.15. The largest absolute Gasteiger partial charge is 0.312 e. The second-order valence-electron chi connectivity index (χ2n) is 5.94. The van der Waals surface area contributed by atoms with Gasteiger partial charge in [0.05, 0.1) is 0 Å². The first kappa shape index (κ1) is 14.5. The van der Waals surface area contributed by atoms with Gasteiger partial charge in [-0.05, 0) is 45.7 Å². The normalized spacial score (nSPS) is 25.7. The smallest absolute Gasteiger partial charge is 0.0447 e. The molecule has 1 aliphatic heterocycles. The summed E-state index contributed by atoms with van der Waals surface area (Å²) in [5.74, 6) is 0. The van der Waals surface area contributed by atoms with Crippen molar-refractivity contribution < 1.29 is 0 Å². The molecule has 1 N–H and O–H groups in total. The molecule has 106 valence electrons. The SMILES string of the molecule is CCC1CCC(C)N1CC(NC)c1cccc(C)c1. The molecule has 0 aromatic heterocycles. The second kappa shape index (κ2) is 6.53. The van der Waals surface area contributed by atoms with Gasteiger partial charge in [0.1, 0.15) is 0 Å². The van der Waals surface area contributed by atoms with E-state index in [0.717, 1.165) is 18.6 Å². The highest BCUT2D eigenvalue weighted by Crippen LogP contribution is 2.28. The van der Waals surface area contributed by atoms with Crippen LogP contribution in [-0.2, 0) is 0 Å². The molecular weight excluding hydrogens is 232 g/mol. The number of aryl methyl sites for hydroxylation is 1. The third-order valence-corrected chi connectivity index (χ3v) is 4.61. The summed E-state index contributed by atoms with van der Waals surface area (Å²) in [6.07, 6.45) is 3.99. The van der Waals surface area contributed by atoms with Crippen LogP contribution in [0.2, 0.25) is 0 Å². The minimum absolute atomic E-state index is 0.439. The molecule has 2 heteroatoms. The first-order valence-corrected chi connectivity index (χ1v) is 7.65. The van der Waals surface area contributed by atoms with E-state index in [-0.39, 0.29) is 0 Å². The number of nitrogens with zero attached hydrogens (tertiary/aromatic N) is 1. The molecule has 3 atom stereocenters. The van der Waals surface area contributed by atoms with Gasteiger partial charge < -0.3 is 5.32 Å². The predicted octanol–water partition coefficient (Wildman–Crippen LogP) is 3.52. The molecule has 0 aliphatic carbocycles. The predicted molar refractivity (Wildman–Crippen MR) is 82.5 cm³/mol. The Kier molecular flexibility index (Phi) is 5.00. The van der Waals surface area contributed by atoms with Gasteiger partial charge in [0.15, 0.2) is 0 Å².